The normalized spacial score (nSPS) is 12.3. The maximum atomic E-state index is 9.43. The number of hydrogen-bond donors (Lipinski definition) is 4. The molecule has 3 aromatic carbocycles. The number of allylic oxidation sites excluding steroid dienone is 1. The van der Waals surface area contributed by atoms with Crippen LogP contribution in [0.1, 0.15) is 35.6 Å². The van der Waals surface area contributed by atoms with E-state index >= 15 is 0 Å². The van der Waals surface area contributed by atoms with Crippen LogP contribution in [0.15, 0.2) is 84.9 Å². The molecule has 4 N–H and O–H groups in total. The first-order chi connectivity index (χ1) is 14.5. The number of rotatable bonds is 7. The molecule has 0 atom stereocenters. The SMILES string of the molecule is CC/C(=C(/c1ccc(/C=C/C(O)O)cc1)c1ccc(B(O)O)cc1)c1ccccc1. The summed E-state index contributed by atoms with van der Waals surface area (Å²) in [6.07, 6.45) is 2.31. The highest BCUT2D eigenvalue weighted by Crippen LogP contribution is 2.34. The summed E-state index contributed by atoms with van der Waals surface area (Å²) in [5.41, 5.74) is 6.70. The fraction of sp³-hybridized carbons (Fsp3) is 0.120. The minimum atomic E-state index is -1.50. The fourth-order valence-corrected chi connectivity index (χ4v) is 3.46. The van der Waals surface area contributed by atoms with E-state index in [4.69, 9.17) is 10.2 Å². The Bertz CT molecular complexity index is 1010. The van der Waals surface area contributed by atoms with Crippen molar-refractivity contribution in [3.05, 3.63) is 107 Å². The molecule has 152 valence electrons. The molecule has 3 aromatic rings. The summed E-state index contributed by atoms with van der Waals surface area (Å²) in [6.45, 7) is 2.12. The van der Waals surface area contributed by atoms with Crippen molar-refractivity contribution in [1.29, 1.82) is 0 Å². The van der Waals surface area contributed by atoms with Gasteiger partial charge < -0.3 is 20.3 Å². The molecular weight excluding hydrogens is 375 g/mol. The standard InChI is InChI=1S/C25H25BO4/c1-2-23(19-6-4-3-5-7-19)25(21-13-15-22(16-14-21)26(29)30)20-11-8-18(9-12-20)10-17-24(27)28/h3-17,24,27-30H,2H2,1H3/b17-10+,25-23+. The van der Waals surface area contributed by atoms with Gasteiger partial charge in [0, 0.05) is 0 Å². The predicted octanol–water partition coefficient (Wildman–Crippen LogP) is 3.06. The Labute approximate surface area is 177 Å². The number of benzene rings is 3. The van der Waals surface area contributed by atoms with Gasteiger partial charge in [-0.25, -0.2) is 0 Å². The van der Waals surface area contributed by atoms with Gasteiger partial charge in [0.1, 0.15) is 0 Å². The summed E-state index contributed by atoms with van der Waals surface area (Å²) in [4.78, 5) is 0. The highest BCUT2D eigenvalue weighted by Gasteiger charge is 2.15. The first kappa shape index (κ1) is 21.7. The summed E-state index contributed by atoms with van der Waals surface area (Å²) in [5, 5.41) is 36.9. The summed E-state index contributed by atoms with van der Waals surface area (Å²) in [6, 6.07) is 25.3. The molecule has 0 aliphatic rings. The molecule has 0 saturated heterocycles. The summed E-state index contributed by atoms with van der Waals surface area (Å²) in [7, 11) is -1.50. The smallest absolute Gasteiger partial charge is 0.423 e. The molecule has 5 heteroatoms. The van der Waals surface area contributed by atoms with Gasteiger partial charge in [0.05, 0.1) is 0 Å². The summed E-state index contributed by atoms with van der Waals surface area (Å²) < 4.78 is 0. The largest absolute Gasteiger partial charge is 0.488 e. The number of aliphatic hydroxyl groups is 2. The Morgan fingerprint density at radius 3 is 1.87 bits per heavy atom. The molecule has 30 heavy (non-hydrogen) atoms. The van der Waals surface area contributed by atoms with Crippen molar-refractivity contribution in [1.82, 2.24) is 0 Å². The Morgan fingerprint density at radius 2 is 1.37 bits per heavy atom. The van der Waals surface area contributed by atoms with Crippen molar-refractivity contribution >= 4 is 29.8 Å². The van der Waals surface area contributed by atoms with E-state index < -0.39 is 13.4 Å². The van der Waals surface area contributed by atoms with Crippen LogP contribution >= 0.6 is 0 Å². The van der Waals surface area contributed by atoms with Crippen molar-refractivity contribution in [3.63, 3.8) is 0 Å². The highest BCUT2D eigenvalue weighted by atomic mass is 16.5. The van der Waals surface area contributed by atoms with Crippen LogP contribution in [-0.2, 0) is 0 Å². The zero-order valence-electron chi connectivity index (χ0n) is 16.8. The second-order valence-electron chi connectivity index (χ2n) is 6.96. The van der Waals surface area contributed by atoms with E-state index in [1.165, 1.54) is 11.6 Å². The summed E-state index contributed by atoms with van der Waals surface area (Å²) >= 11 is 0. The lowest BCUT2D eigenvalue weighted by Gasteiger charge is -2.17. The number of hydrogen-bond acceptors (Lipinski definition) is 4. The van der Waals surface area contributed by atoms with Gasteiger partial charge in [0.15, 0.2) is 6.29 Å². The van der Waals surface area contributed by atoms with Gasteiger partial charge in [-0.2, -0.15) is 0 Å². The topological polar surface area (TPSA) is 80.9 Å². The van der Waals surface area contributed by atoms with E-state index in [0.29, 0.717) is 5.46 Å². The quantitative estimate of drug-likeness (QED) is 0.279. The van der Waals surface area contributed by atoms with Gasteiger partial charge in [-0.3, -0.25) is 0 Å². The first-order valence-electron chi connectivity index (χ1n) is 9.89. The van der Waals surface area contributed by atoms with Crippen molar-refractivity contribution < 1.29 is 20.3 Å². The molecule has 0 saturated carbocycles. The van der Waals surface area contributed by atoms with Crippen LogP contribution < -0.4 is 5.46 Å². The molecule has 0 heterocycles. The van der Waals surface area contributed by atoms with Crippen LogP contribution in [0, 0.1) is 0 Å². The Hall–Kier alpha value is -2.96. The molecule has 0 aliphatic carbocycles. The Morgan fingerprint density at radius 1 is 0.800 bits per heavy atom. The lowest BCUT2D eigenvalue weighted by Crippen LogP contribution is -2.29. The van der Waals surface area contributed by atoms with E-state index in [9.17, 15) is 10.0 Å². The molecule has 0 amide bonds. The first-order valence-corrected chi connectivity index (χ1v) is 9.89. The van der Waals surface area contributed by atoms with Gasteiger partial charge in [-0.1, -0.05) is 91.9 Å². The molecule has 4 nitrogen and oxygen atoms in total. The maximum Gasteiger partial charge on any atom is 0.488 e. The Kier molecular flexibility index (Phi) is 7.38. The molecule has 3 rings (SSSR count). The van der Waals surface area contributed by atoms with Crippen LogP contribution in [0.2, 0.25) is 0 Å². The van der Waals surface area contributed by atoms with Crippen LogP contribution in [-0.4, -0.2) is 33.7 Å². The van der Waals surface area contributed by atoms with E-state index in [1.54, 1.807) is 18.2 Å². The monoisotopic (exact) mass is 400 g/mol. The van der Waals surface area contributed by atoms with Crippen LogP contribution in [0.25, 0.3) is 17.2 Å². The van der Waals surface area contributed by atoms with Crippen LogP contribution in [0.4, 0.5) is 0 Å². The zero-order chi connectivity index (χ0) is 21.5. The Balaban J connectivity index is 2.13. The van der Waals surface area contributed by atoms with E-state index in [-0.39, 0.29) is 0 Å². The second-order valence-corrected chi connectivity index (χ2v) is 6.96. The van der Waals surface area contributed by atoms with Gasteiger partial charge in [0.25, 0.3) is 0 Å². The van der Waals surface area contributed by atoms with Gasteiger partial charge in [-0.05, 0) is 51.4 Å². The molecule has 0 bridgehead atoms. The molecule has 0 aliphatic heterocycles. The minimum Gasteiger partial charge on any atom is -0.423 e. The molecular formula is C25H25BO4. The molecule has 0 unspecified atom stereocenters. The average Bonchev–Trinajstić information content (AvgIpc) is 2.77. The van der Waals surface area contributed by atoms with Crippen molar-refractivity contribution in [3.8, 4) is 0 Å². The molecule has 0 aromatic heterocycles. The lowest BCUT2D eigenvalue weighted by atomic mass is 9.79. The maximum absolute atomic E-state index is 9.43. The molecule has 0 fully saturated rings. The fourth-order valence-electron chi connectivity index (χ4n) is 3.46. The molecule has 0 radical (unpaired) electrons. The minimum absolute atomic E-state index is 0.443. The van der Waals surface area contributed by atoms with Crippen molar-refractivity contribution in [2.45, 2.75) is 19.6 Å². The van der Waals surface area contributed by atoms with Gasteiger partial charge >= 0.3 is 7.12 Å². The van der Waals surface area contributed by atoms with E-state index in [0.717, 1.165) is 34.2 Å². The van der Waals surface area contributed by atoms with Crippen LogP contribution in [0.5, 0.6) is 0 Å². The predicted molar refractivity (Wildman–Crippen MR) is 123 cm³/mol. The lowest BCUT2D eigenvalue weighted by molar-refractivity contribution is 0.00303. The third kappa shape index (κ3) is 5.35. The average molecular weight is 400 g/mol. The highest BCUT2D eigenvalue weighted by molar-refractivity contribution is 6.58. The number of aliphatic hydroxyl groups excluding tert-OH is 1. The van der Waals surface area contributed by atoms with Gasteiger partial charge in [-0.15, -0.1) is 0 Å². The van der Waals surface area contributed by atoms with Gasteiger partial charge in [0.2, 0.25) is 0 Å². The van der Waals surface area contributed by atoms with E-state index in [2.05, 4.69) is 19.1 Å². The zero-order valence-corrected chi connectivity index (χ0v) is 16.8. The third-order valence-corrected chi connectivity index (χ3v) is 4.94. The van der Waals surface area contributed by atoms with Crippen molar-refractivity contribution in [2.24, 2.45) is 0 Å². The second kappa shape index (κ2) is 10.2. The summed E-state index contributed by atoms with van der Waals surface area (Å²) in [5.74, 6) is 0. The van der Waals surface area contributed by atoms with Crippen molar-refractivity contribution in [2.75, 3.05) is 0 Å². The van der Waals surface area contributed by atoms with Crippen LogP contribution in [0.3, 0.4) is 0 Å². The molecule has 0 spiro atoms. The van der Waals surface area contributed by atoms with E-state index in [1.807, 2.05) is 54.6 Å². The third-order valence-electron chi connectivity index (χ3n) is 4.94.